The van der Waals surface area contributed by atoms with Gasteiger partial charge in [0, 0.05) is 23.2 Å². The van der Waals surface area contributed by atoms with E-state index in [1.807, 2.05) is 30.3 Å². The SMILES string of the molecule is O=C(CCc1ccccc1)Nc1ccc(S(=O)(=O)Nc2ccccc2C(=O)c2ccccc2)cc1. The fraction of sp³-hybridized carbons (Fsp3) is 0.0714. The first-order chi connectivity index (χ1) is 16.9. The topological polar surface area (TPSA) is 92.3 Å². The van der Waals surface area contributed by atoms with Gasteiger partial charge in [0.25, 0.3) is 10.0 Å². The van der Waals surface area contributed by atoms with Gasteiger partial charge in [0.2, 0.25) is 5.91 Å². The van der Waals surface area contributed by atoms with Gasteiger partial charge in [-0.3, -0.25) is 14.3 Å². The number of hydrogen-bond acceptors (Lipinski definition) is 4. The van der Waals surface area contributed by atoms with E-state index in [1.165, 1.54) is 24.3 Å². The number of ketones is 1. The van der Waals surface area contributed by atoms with E-state index in [4.69, 9.17) is 0 Å². The van der Waals surface area contributed by atoms with Crippen molar-refractivity contribution >= 4 is 33.1 Å². The lowest BCUT2D eigenvalue weighted by Crippen LogP contribution is -2.16. The van der Waals surface area contributed by atoms with E-state index in [9.17, 15) is 18.0 Å². The Morgan fingerprint density at radius 3 is 1.97 bits per heavy atom. The van der Waals surface area contributed by atoms with Crippen LogP contribution in [0.3, 0.4) is 0 Å². The molecule has 0 unspecified atom stereocenters. The van der Waals surface area contributed by atoms with Gasteiger partial charge in [-0.25, -0.2) is 8.42 Å². The van der Waals surface area contributed by atoms with E-state index in [0.29, 0.717) is 24.1 Å². The molecule has 0 radical (unpaired) electrons. The van der Waals surface area contributed by atoms with Gasteiger partial charge < -0.3 is 5.32 Å². The zero-order valence-corrected chi connectivity index (χ0v) is 19.7. The molecule has 0 fully saturated rings. The van der Waals surface area contributed by atoms with Crippen molar-refractivity contribution in [1.29, 1.82) is 0 Å². The van der Waals surface area contributed by atoms with Crippen molar-refractivity contribution < 1.29 is 18.0 Å². The molecule has 0 aliphatic heterocycles. The Labute approximate surface area is 204 Å². The number of nitrogens with one attached hydrogen (secondary N) is 2. The van der Waals surface area contributed by atoms with Gasteiger partial charge in [-0.05, 0) is 48.4 Å². The van der Waals surface area contributed by atoms with Crippen LogP contribution in [-0.4, -0.2) is 20.1 Å². The molecule has 0 heterocycles. The first kappa shape index (κ1) is 23.9. The number of para-hydroxylation sites is 1. The second-order valence-electron chi connectivity index (χ2n) is 7.90. The lowest BCUT2D eigenvalue weighted by atomic mass is 10.0. The van der Waals surface area contributed by atoms with Crippen LogP contribution in [0.15, 0.2) is 114 Å². The summed E-state index contributed by atoms with van der Waals surface area (Å²) >= 11 is 0. The molecule has 0 aliphatic carbocycles. The maximum absolute atomic E-state index is 13.0. The van der Waals surface area contributed by atoms with Crippen molar-refractivity contribution in [3.63, 3.8) is 0 Å². The minimum Gasteiger partial charge on any atom is -0.326 e. The van der Waals surface area contributed by atoms with Crippen LogP contribution in [0.5, 0.6) is 0 Å². The first-order valence-electron chi connectivity index (χ1n) is 11.1. The number of aryl methyl sites for hydroxylation is 1. The molecule has 4 aromatic carbocycles. The number of hydrogen-bond donors (Lipinski definition) is 2. The molecule has 0 bridgehead atoms. The summed E-state index contributed by atoms with van der Waals surface area (Å²) in [7, 11) is -3.96. The maximum atomic E-state index is 13.0. The quantitative estimate of drug-likeness (QED) is 0.316. The molecule has 0 aromatic heterocycles. The Morgan fingerprint density at radius 1 is 0.686 bits per heavy atom. The van der Waals surface area contributed by atoms with Gasteiger partial charge in [-0.15, -0.1) is 0 Å². The van der Waals surface area contributed by atoms with Gasteiger partial charge in [0.1, 0.15) is 0 Å². The van der Waals surface area contributed by atoms with Crippen molar-refractivity contribution in [3.8, 4) is 0 Å². The average molecular weight is 485 g/mol. The van der Waals surface area contributed by atoms with Crippen molar-refractivity contribution in [3.05, 3.63) is 126 Å². The van der Waals surface area contributed by atoms with Crippen LogP contribution >= 0.6 is 0 Å². The average Bonchev–Trinajstić information content (AvgIpc) is 2.89. The maximum Gasteiger partial charge on any atom is 0.261 e. The van der Waals surface area contributed by atoms with Crippen LogP contribution in [0.4, 0.5) is 11.4 Å². The molecular formula is C28H24N2O4S. The molecule has 0 atom stereocenters. The monoisotopic (exact) mass is 484 g/mol. The van der Waals surface area contributed by atoms with Crippen LogP contribution in [-0.2, 0) is 21.2 Å². The Kier molecular flexibility index (Phi) is 7.38. The summed E-state index contributed by atoms with van der Waals surface area (Å²) in [4.78, 5) is 25.2. The normalized spacial score (nSPS) is 11.0. The Hall–Kier alpha value is -4.23. The van der Waals surface area contributed by atoms with Gasteiger partial charge in [0.15, 0.2) is 5.78 Å². The summed E-state index contributed by atoms with van der Waals surface area (Å²) in [5.41, 5.74) is 2.48. The molecule has 0 spiro atoms. The summed E-state index contributed by atoms with van der Waals surface area (Å²) < 4.78 is 28.5. The summed E-state index contributed by atoms with van der Waals surface area (Å²) in [5, 5.41) is 2.78. The highest BCUT2D eigenvalue weighted by Crippen LogP contribution is 2.23. The second kappa shape index (κ2) is 10.8. The van der Waals surface area contributed by atoms with Crippen molar-refractivity contribution in [2.45, 2.75) is 17.7 Å². The molecule has 35 heavy (non-hydrogen) atoms. The molecule has 1 amide bonds. The number of benzene rings is 4. The van der Waals surface area contributed by atoms with E-state index in [2.05, 4.69) is 10.0 Å². The molecule has 4 aromatic rings. The second-order valence-corrected chi connectivity index (χ2v) is 9.59. The fourth-order valence-electron chi connectivity index (χ4n) is 3.56. The van der Waals surface area contributed by atoms with E-state index in [1.54, 1.807) is 54.6 Å². The molecular weight excluding hydrogens is 460 g/mol. The fourth-order valence-corrected chi connectivity index (χ4v) is 4.64. The molecule has 2 N–H and O–H groups in total. The van der Waals surface area contributed by atoms with Gasteiger partial charge >= 0.3 is 0 Å². The highest BCUT2D eigenvalue weighted by atomic mass is 32.2. The minimum absolute atomic E-state index is 0.0155. The summed E-state index contributed by atoms with van der Waals surface area (Å²) in [5.74, 6) is -0.437. The third-order valence-electron chi connectivity index (χ3n) is 5.38. The molecule has 6 nitrogen and oxygen atoms in total. The summed E-state index contributed by atoms with van der Waals surface area (Å²) in [6.07, 6.45) is 0.933. The molecule has 0 saturated heterocycles. The lowest BCUT2D eigenvalue weighted by molar-refractivity contribution is -0.116. The molecule has 0 saturated carbocycles. The zero-order chi connectivity index (χ0) is 24.7. The van der Waals surface area contributed by atoms with Gasteiger partial charge in [-0.2, -0.15) is 0 Å². The van der Waals surface area contributed by atoms with Crippen molar-refractivity contribution in [2.75, 3.05) is 10.0 Å². The van der Waals surface area contributed by atoms with E-state index >= 15 is 0 Å². The number of anilines is 2. The standard InChI is InChI=1S/C28H24N2O4S/c31-27(20-15-21-9-3-1-4-10-21)29-23-16-18-24(19-17-23)35(33,34)30-26-14-8-7-13-25(26)28(32)22-11-5-2-6-12-22/h1-14,16-19,30H,15,20H2,(H,29,31). The predicted molar refractivity (Wildman–Crippen MR) is 137 cm³/mol. The lowest BCUT2D eigenvalue weighted by Gasteiger charge is -2.13. The van der Waals surface area contributed by atoms with Crippen molar-refractivity contribution in [1.82, 2.24) is 0 Å². The number of rotatable bonds is 9. The third-order valence-corrected chi connectivity index (χ3v) is 6.77. The Morgan fingerprint density at radius 2 is 1.29 bits per heavy atom. The van der Waals surface area contributed by atoms with Gasteiger partial charge in [-0.1, -0.05) is 72.8 Å². The van der Waals surface area contributed by atoms with Crippen LogP contribution in [0, 0.1) is 0 Å². The molecule has 4 rings (SSSR count). The summed E-state index contributed by atoms with van der Waals surface area (Å²) in [6.45, 7) is 0. The Bertz CT molecular complexity index is 1420. The van der Waals surface area contributed by atoms with E-state index < -0.39 is 10.0 Å². The number of amides is 1. The van der Waals surface area contributed by atoms with Crippen LogP contribution in [0.25, 0.3) is 0 Å². The van der Waals surface area contributed by atoms with Crippen molar-refractivity contribution in [2.24, 2.45) is 0 Å². The van der Waals surface area contributed by atoms with Crippen LogP contribution in [0.1, 0.15) is 27.9 Å². The molecule has 176 valence electrons. The molecule has 7 heteroatoms. The molecule has 0 aliphatic rings. The summed E-state index contributed by atoms with van der Waals surface area (Å²) in [6, 6.07) is 30.8. The predicted octanol–water partition coefficient (Wildman–Crippen LogP) is 5.29. The first-order valence-corrected chi connectivity index (χ1v) is 12.6. The van der Waals surface area contributed by atoms with E-state index in [-0.39, 0.29) is 27.8 Å². The van der Waals surface area contributed by atoms with Crippen LogP contribution < -0.4 is 10.0 Å². The number of carbonyl (C=O) groups is 2. The zero-order valence-electron chi connectivity index (χ0n) is 18.8. The smallest absolute Gasteiger partial charge is 0.261 e. The minimum atomic E-state index is -3.96. The highest BCUT2D eigenvalue weighted by molar-refractivity contribution is 7.92. The Balaban J connectivity index is 1.43. The third kappa shape index (κ3) is 6.22. The number of carbonyl (C=O) groups excluding carboxylic acids is 2. The van der Waals surface area contributed by atoms with Crippen LogP contribution in [0.2, 0.25) is 0 Å². The largest absolute Gasteiger partial charge is 0.326 e. The highest BCUT2D eigenvalue weighted by Gasteiger charge is 2.19. The number of sulfonamides is 1. The van der Waals surface area contributed by atoms with Gasteiger partial charge in [0.05, 0.1) is 10.6 Å². The van der Waals surface area contributed by atoms with E-state index in [0.717, 1.165) is 5.56 Å².